The Morgan fingerprint density at radius 1 is 1.40 bits per heavy atom. The summed E-state index contributed by atoms with van der Waals surface area (Å²) in [6.07, 6.45) is 0. The van der Waals surface area contributed by atoms with E-state index >= 15 is 0 Å². The molecule has 2 nitrogen and oxygen atoms in total. The van der Waals surface area contributed by atoms with Crippen molar-refractivity contribution in [2.45, 2.75) is 4.90 Å². The Kier molecular flexibility index (Phi) is 4.71. The Labute approximate surface area is 90.6 Å². The Balaban J connectivity index is 2.51. The topological polar surface area (TPSA) is 26.3 Å². The van der Waals surface area contributed by atoms with Crippen LogP contribution in [0.3, 0.4) is 0 Å². The molecule has 0 saturated heterocycles. The van der Waals surface area contributed by atoms with Gasteiger partial charge in [0.2, 0.25) is 0 Å². The maximum Gasteiger partial charge on any atom is 0.168 e. The number of ether oxygens (including phenoxy) is 1. The van der Waals surface area contributed by atoms with Gasteiger partial charge in [-0.05, 0) is 18.2 Å². The van der Waals surface area contributed by atoms with Crippen LogP contribution in [0.1, 0.15) is 0 Å². The SMILES string of the molecule is COCC(=O)CSc1ccc(F)c(F)c1. The number of halogens is 2. The fraction of sp³-hybridized carbons (Fsp3) is 0.300. The smallest absolute Gasteiger partial charge is 0.168 e. The van der Waals surface area contributed by atoms with Crippen molar-refractivity contribution in [2.75, 3.05) is 19.5 Å². The van der Waals surface area contributed by atoms with E-state index in [0.717, 1.165) is 23.9 Å². The number of rotatable bonds is 5. The van der Waals surface area contributed by atoms with Gasteiger partial charge in [-0.2, -0.15) is 0 Å². The third kappa shape index (κ3) is 3.97. The quantitative estimate of drug-likeness (QED) is 0.728. The second-order valence-electron chi connectivity index (χ2n) is 2.84. The number of carbonyl (C=O) groups is 1. The first-order valence-corrected chi connectivity index (χ1v) is 5.20. The molecule has 0 aromatic heterocycles. The standard InChI is InChI=1S/C10H10F2O2S/c1-14-5-7(13)6-15-8-2-3-9(11)10(12)4-8/h2-4H,5-6H2,1H3. The summed E-state index contributed by atoms with van der Waals surface area (Å²) in [7, 11) is 1.43. The van der Waals surface area contributed by atoms with Gasteiger partial charge in [0.15, 0.2) is 17.4 Å². The number of thioether (sulfide) groups is 1. The van der Waals surface area contributed by atoms with Gasteiger partial charge in [-0.3, -0.25) is 4.79 Å². The van der Waals surface area contributed by atoms with Crippen LogP contribution in [0, 0.1) is 11.6 Å². The molecule has 5 heteroatoms. The van der Waals surface area contributed by atoms with E-state index in [-0.39, 0.29) is 18.1 Å². The van der Waals surface area contributed by atoms with E-state index in [9.17, 15) is 13.6 Å². The summed E-state index contributed by atoms with van der Waals surface area (Å²) >= 11 is 1.16. The lowest BCUT2D eigenvalue weighted by molar-refractivity contribution is -0.120. The maximum absolute atomic E-state index is 12.8. The maximum atomic E-state index is 12.8. The third-order valence-corrected chi connectivity index (χ3v) is 2.65. The number of ketones is 1. The highest BCUT2D eigenvalue weighted by Crippen LogP contribution is 2.20. The van der Waals surface area contributed by atoms with E-state index in [4.69, 9.17) is 0 Å². The van der Waals surface area contributed by atoms with Gasteiger partial charge in [0.1, 0.15) is 6.61 Å². The van der Waals surface area contributed by atoms with Crippen LogP contribution < -0.4 is 0 Å². The molecule has 0 radical (unpaired) electrons. The molecule has 0 fully saturated rings. The van der Waals surface area contributed by atoms with E-state index in [1.165, 1.54) is 13.2 Å². The van der Waals surface area contributed by atoms with E-state index in [1.807, 2.05) is 0 Å². The Morgan fingerprint density at radius 2 is 2.13 bits per heavy atom. The number of carbonyl (C=O) groups excluding carboxylic acids is 1. The van der Waals surface area contributed by atoms with Gasteiger partial charge in [-0.15, -0.1) is 11.8 Å². The molecular formula is C10H10F2O2S. The van der Waals surface area contributed by atoms with Crippen molar-refractivity contribution < 1.29 is 18.3 Å². The summed E-state index contributed by atoms with van der Waals surface area (Å²) in [6.45, 7) is 0.0384. The van der Waals surface area contributed by atoms with Gasteiger partial charge in [0.25, 0.3) is 0 Å². The first kappa shape index (κ1) is 12.1. The molecule has 0 spiro atoms. The highest BCUT2D eigenvalue weighted by molar-refractivity contribution is 8.00. The molecule has 0 atom stereocenters. The minimum absolute atomic E-state index is 0.0384. The third-order valence-electron chi connectivity index (χ3n) is 1.60. The molecule has 0 saturated carbocycles. The minimum Gasteiger partial charge on any atom is -0.377 e. The first-order valence-electron chi connectivity index (χ1n) is 4.22. The summed E-state index contributed by atoms with van der Waals surface area (Å²) in [5, 5.41) is 0. The van der Waals surface area contributed by atoms with Gasteiger partial charge < -0.3 is 4.74 Å². The van der Waals surface area contributed by atoms with Gasteiger partial charge in [-0.25, -0.2) is 8.78 Å². The second-order valence-corrected chi connectivity index (χ2v) is 3.89. The average molecular weight is 232 g/mol. The largest absolute Gasteiger partial charge is 0.377 e. The molecule has 0 aliphatic rings. The normalized spacial score (nSPS) is 10.3. The van der Waals surface area contributed by atoms with Gasteiger partial charge in [0, 0.05) is 12.0 Å². The molecule has 0 N–H and O–H groups in total. The van der Waals surface area contributed by atoms with Crippen LogP contribution in [0.25, 0.3) is 0 Å². The lowest BCUT2D eigenvalue weighted by atomic mass is 10.3. The molecule has 0 aliphatic heterocycles. The molecule has 15 heavy (non-hydrogen) atoms. The van der Waals surface area contributed by atoms with Crippen LogP contribution in [0.4, 0.5) is 8.78 Å². The molecule has 82 valence electrons. The van der Waals surface area contributed by atoms with Crippen LogP contribution in [0.5, 0.6) is 0 Å². The lowest BCUT2D eigenvalue weighted by Gasteiger charge is -2.01. The predicted molar refractivity (Wildman–Crippen MR) is 54.0 cm³/mol. The molecule has 0 bridgehead atoms. The zero-order valence-corrected chi connectivity index (χ0v) is 8.94. The number of benzene rings is 1. The van der Waals surface area contributed by atoms with Crippen molar-refractivity contribution >= 4 is 17.5 Å². The van der Waals surface area contributed by atoms with Gasteiger partial charge >= 0.3 is 0 Å². The predicted octanol–water partition coefficient (Wildman–Crippen LogP) is 2.27. The van der Waals surface area contributed by atoms with Crippen LogP contribution in [0.15, 0.2) is 23.1 Å². The lowest BCUT2D eigenvalue weighted by Crippen LogP contribution is -2.08. The number of hydrogen-bond donors (Lipinski definition) is 0. The molecule has 0 unspecified atom stereocenters. The van der Waals surface area contributed by atoms with E-state index in [1.54, 1.807) is 0 Å². The van der Waals surface area contributed by atoms with Crippen LogP contribution in [-0.2, 0) is 9.53 Å². The molecular weight excluding hydrogens is 222 g/mol. The van der Waals surface area contributed by atoms with E-state index in [0.29, 0.717) is 4.90 Å². The summed E-state index contributed by atoms with van der Waals surface area (Å²) in [4.78, 5) is 11.6. The van der Waals surface area contributed by atoms with Crippen LogP contribution >= 0.6 is 11.8 Å². The van der Waals surface area contributed by atoms with E-state index in [2.05, 4.69) is 4.74 Å². The summed E-state index contributed by atoms with van der Waals surface area (Å²) in [5.41, 5.74) is 0. The molecule has 0 heterocycles. The highest BCUT2D eigenvalue weighted by Gasteiger charge is 2.05. The monoisotopic (exact) mass is 232 g/mol. The summed E-state index contributed by atoms with van der Waals surface area (Å²) in [6, 6.07) is 3.54. The van der Waals surface area contributed by atoms with Crippen molar-refractivity contribution in [1.29, 1.82) is 0 Å². The molecule has 0 aliphatic carbocycles. The van der Waals surface area contributed by atoms with Crippen molar-refractivity contribution in [3.8, 4) is 0 Å². The second kappa shape index (κ2) is 5.82. The zero-order chi connectivity index (χ0) is 11.3. The van der Waals surface area contributed by atoms with Crippen molar-refractivity contribution in [2.24, 2.45) is 0 Å². The minimum atomic E-state index is -0.904. The molecule has 1 aromatic carbocycles. The molecule has 0 amide bonds. The first-order chi connectivity index (χ1) is 7.13. The summed E-state index contributed by atoms with van der Waals surface area (Å²) in [5.74, 6) is -1.69. The highest BCUT2D eigenvalue weighted by atomic mass is 32.2. The van der Waals surface area contributed by atoms with Crippen molar-refractivity contribution in [3.63, 3.8) is 0 Å². The Hall–Kier alpha value is -0.940. The van der Waals surface area contributed by atoms with Crippen molar-refractivity contribution in [3.05, 3.63) is 29.8 Å². The fourth-order valence-electron chi connectivity index (χ4n) is 0.933. The molecule has 1 rings (SSSR count). The fourth-order valence-corrected chi connectivity index (χ4v) is 1.70. The van der Waals surface area contributed by atoms with Crippen LogP contribution in [-0.4, -0.2) is 25.3 Å². The number of Topliss-reactive ketones (excluding diaryl/α,β-unsaturated/α-hetero) is 1. The number of hydrogen-bond acceptors (Lipinski definition) is 3. The Bertz CT molecular complexity index is 355. The van der Waals surface area contributed by atoms with Crippen molar-refractivity contribution in [1.82, 2.24) is 0 Å². The van der Waals surface area contributed by atoms with Gasteiger partial charge in [-0.1, -0.05) is 0 Å². The van der Waals surface area contributed by atoms with E-state index < -0.39 is 11.6 Å². The zero-order valence-electron chi connectivity index (χ0n) is 8.13. The van der Waals surface area contributed by atoms with Gasteiger partial charge in [0.05, 0.1) is 5.75 Å². The number of methoxy groups -OCH3 is 1. The average Bonchev–Trinajstić information content (AvgIpc) is 2.20. The van der Waals surface area contributed by atoms with Crippen LogP contribution in [0.2, 0.25) is 0 Å². The molecule has 1 aromatic rings. The summed E-state index contributed by atoms with van der Waals surface area (Å²) < 4.78 is 29.9. The Morgan fingerprint density at radius 3 is 2.73 bits per heavy atom.